The van der Waals surface area contributed by atoms with Gasteiger partial charge in [-0.25, -0.2) is 0 Å². The number of hydrogen-bond donors (Lipinski definition) is 1. The van der Waals surface area contributed by atoms with E-state index in [-0.39, 0.29) is 18.2 Å². The topological polar surface area (TPSA) is 57.6 Å². The zero-order valence-corrected chi connectivity index (χ0v) is 9.24. The highest BCUT2D eigenvalue weighted by atomic mass is 16.4. The van der Waals surface area contributed by atoms with Gasteiger partial charge >= 0.3 is 5.97 Å². The van der Waals surface area contributed by atoms with Crippen molar-refractivity contribution in [1.29, 1.82) is 0 Å². The van der Waals surface area contributed by atoms with Crippen molar-refractivity contribution in [3.63, 3.8) is 0 Å². The van der Waals surface area contributed by atoms with Crippen LogP contribution < -0.4 is 0 Å². The van der Waals surface area contributed by atoms with E-state index in [2.05, 4.69) is 4.90 Å². The second kappa shape index (κ2) is 5.85. The Labute approximate surface area is 90.3 Å². The molecule has 0 aromatic heterocycles. The summed E-state index contributed by atoms with van der Waals surface area (Å²) in [5.41, 5.74) is 0. The van der Waals surface area contributed by atoms with Gasteiger partial charge in [-0.15, -0.1) is 0 Å². The zero-order chi connectivity index (χ0) is 11.3. The molecule has 0 unspecified atom stereocenters. The van der Waals surface area contributed by atoms with Gasteiger partial charge in [0, 0.05) is 6.42 Å². The van der Waals surface area contributed by atoms with E-state index in [1.54, 1.807) is 6.92 Å². The van der Waals surface area contributed by atoms with Crippen LogP contribution in [0.3, 0.4) is 0 Å². The lowest BCUT2D eigenvalue weighted by molar-refractivity contribution is -0.137. The number of ketones is 1. The molecule has 4 heteroatoms. The summed E-state index contributed by atoms with van der Waals surface area (Å²) in [5, 5.41) is 8.48. The fourth-order valence-corrected chi connectivity index (χ4v) is 2.15. The number of carbonyl (C=O) groups excluding carboxylic acids is 1. The van der Waals surface area contributed by atoms with Crippen molar-refractivity contribution in [3.05, 3.63) is 0 Å². The van der Waals surface area contributed by atoms with Gasteiger partial charge in [-0.1, -0.05) is 0 Å². The van der Waals surface area contributed by atoms with E-state index < -0.39 is 5.97 Å². The summed E-state index contributed by atoms with van der Waals surface area (Å²) in [4.78, 5) is 23.7. The van der Waals surface area contributed by atoms with Gasteiger partial charge in [0.05, 0.1) is 6.04 Å². The number of rotatable bonds is 6. The van der Waals surface area contributed by atoms with Crippen molar-refractivity contribution in [1.82, 2.24) is 4.90 Å². The fraction of sp³-hybridized carbons (Fsp3) is 0.818. The predicted molar refractivity (Wildman–Crippen MR) is 56.8 cm³/mol. The first-order valence-corrected chi connectivity index (χ1v) is 5.57. The molecule has 1 fully saturated rings. The van der Waals surface area contributed by atoms with Crippen LogP contribution in [0.1, 0.15) is 39.0 Å². The Morgan fingerprint density at radius 2 is 2.13 bits per heavy atom. The maximum absolute atomic E-state index is 11.3. The molecule has 1 aliphatic rings. The Hall–Kier alpha value is -0.900. The van der Waals surface area contributed by atoms with Gasteiger partial charge in [0.2, 0.25) is 0 Å². The molecule has 1 heterocycles. The lowest BCUT2D eigenvalue weighted by Crippen LogP contribution is -2.35. The molecule has 0 spiro atoms. The molecule has 0 bridgehead atoms. The number of carboxylic acid groups (broad SMARTS) is 1. The lowest BCUT2D eigenvalue weighted by Gasteiger charge is -2.21. The van der Waals surface area contributed by atoms with E-state index in [9.17, 15) is 9.59 Å². The summed E-state index contributed by atoms with van der Waals surface area (Å²) in [7, 11) is 0. The van der Waals surface area contributed by atoms with E-state index >= 15 is 0 Å². The molecule has 0 aliphatic carbocycles. The largest absolute Gasteiger partial charge is 0.481 e. The third-order valence-corrected chi connectivity index (χ3v) is 2.92. The minimum absolute atomic E-state index is 0.0924. The third-order valence-electron chi connectivity index (χ3n) is 2.92. The van der Waals surface area contributed by atoms with Crippen LogP contribution in [0.5, 0.6) is 0 Å². The summed E-state index contributed by atoms with van der Waals surface area (Å²) in [6.07, 6.45) is 3.86. The van der Waals surface area contributed by atoms with Gasteiger partial charge in [-0.2, -0.15) is 0 Å². The highest BCUT2D eigenvalue weighted by molar-refractivity contribution is 5.81. The van der Waals surface area contributed by atoms with Crippen LogP contribution >= 0.6 is 0 Å². The second-order valence-electron chi connectivity index (χ2n) is 4.16. The Bertz CT molecular complexity index is 240. The molecule has 4 nitrogen and oxygen atoms in total. The number of nitrogens with zero attached hydrogens (tertiary/aromatic N) is 1. The number of unbranched alkanes of at least 4 members (excludes halogenated alkanes) is 1. The van der Waals surface area contributed by atoms with Gasteiger partial charge < -0.3 is 5.11 Å². The van der Waals surface area contributed by atoms with E-state index in [1.807, 2.05) is 0 Å². The van der Waals surface area contributed by atoms with Crippen molar-refractivity contribution < 1.29 is 14.7 Å². The summed E-state index contributed by atoms with van der Waals surface area (Å²) < 4.78 is 0. The van der Waals surface area contributed by atoms with Crippen molar-refractivity contribution in [2.45, 2.75) is 45.1 Å². The minimum Gasteiger partial charge on any atom is -0.481 e. The van der Waals surface area contributed by atoms with Crippen LogP contribution in [-0.2, 0) is 9.59 Å². The molecule has 1 atom stereocenters. The molecule has 1 saturated heterocycles. The SMILES string of the molecule is CC(=O)[C@H]1CCCN1CCCCC(=O)O. The highest BCUT2D eigenvalue weighted by Crippen LogP contribution is 2.18. The average Bonchev–Trinajstić information content (AvgIpc) is 2.60. The molecule has 1 aliphatic heterocycles. The molecule has 1 rings (SSSR count). The van der Waals surface area contributed by atoms with Crippen LogP contribution in [0.25, 0.3) is 0 Å². The Morgan fingerprint density at radius 1 is 1.40 bits per heavy atom. The van der Waals surface area contributed by atoms with E-state index in [4.69, 9.17) is 5.11 Å². The van der Waals surface area contributed by atoms with Gasteiger partial charge in [0.25, 0.3) is 0 Å². The number of carbonyl (C=O) groups is 2. The average molecular weight is 213 g/mol. The van der Waals surface area contributed by atoms with Gasteiger partial charge in [-0.3, -0.25) is 14.5 Å². The van der Waals surface area contributed by atoms with Gasteiger partial charge in [-0.05, 0) is 45.7 Å². The first kappa shape index (κ1) is 12.2. The first-order valence-electron chi connectivity index (χ1n) is 5.57. The predicted octanol–water partition coefficient (Wildman–Crippen LogP) is 1.29. The minimum atomic E-state index is -0.737. The van der Waals surface area contributed by atoms with Crippen molar-refractivity contribution in [2.75, 3.05) is 13.1 Å². The number of aliphatic carboxylic acids is 1. The Balaban J connectivity index is 2.20. The summed E-state index contributed by atoms with van der Waals surface area (Å²) in [6, 6.07) is 0.0924. The molecule has 0 aromatic rings. The number of carboxylic acids is 1. The van der Waals surface area contributed by atoms with Gasteiger partial charge in [0.15, 0.2) is 0 Å². The van der Waals surface area contributed by atoms with E-state index in [0.29, 0.717) is 6.42 Å². The number of likely N-dealkylation sites (tertiary alicyclic amines) is 1. The van der Waals surface area contributed by atoms with Crippen molar-refractivity contribution >= 4 is 11.8 Å². The summed E-state index contributed by atoms with van der Waals surface area (Å²) >= 11 is 0. The molecule has 0 amide bonds. The van der Waals surface area contributed by atoms with Crippen LogP contribution in [-0.4, -0.2) is 40.9 Å². The van der Waals surface area contributed by atoms with Crippen molar-refractivity contribution in [3.8, 4) is 0 Å². The zero-order valence-electron chi connectivity index (χ0n) is 9.24. The molecule has 0 aromatic carbocycles. The Kier molecular flexibility index (Phi) is 4.75. The fourth-order valence-electron chi connectivity index (χ4n) is 2.15. The standard InChI is InChI=1S/C11H19NO3/c1-9(13)10-5-4-8-12(10)7-3-2-6-11(14)15/h10H,2-8H2,1H3,(H,14,15)/t10-/m1/s1. The van der Waals surface area contributed by atoms with Crippen LogP contribution in [0, 0.1) is 0 Å². The quantitative estimate of drug-likeness (QED) is 0.675. The second-order valence-corrected chi connectivity index (χ2v) is 4.16. The van der Waals surface area contributed by atoms with Crippen LogP contribution in [0.2, 0.25) is 0 Å². The van der Waals surface area contributed by atoms with E-state index in [0.717, 1.165) is 32.4 Å². The van der Waals surface area contributed by atoms with Crippen LogP contribution in [0.15, 0.2) is 0 Å². The maximum atomic E-state index is 11.3. The third kappa shape index (κ3) is 4.00. The summed E-state index contributed by atoms with van der Waals surface area (Å²) in [5.74, 6) is -0.495. The maximum Gasteiger partial charge on any atom is 0.303 e. The molecule has 0 saturated carbocycles. The smallest absolute Gasteiger partial charge is 0.303 e. The summed E-state index contributed by atoms with van der Waals surface area (Å²) in [6.45, 7) is 3.48. The lowest BCUT2D eigenvalue weighted by atomic mass is 10.1. The number of Topliss-reactive ketones (excluding diaryl/α,β-unsaturated/α-hetero) is 1. The molecule has 0 radical (unpaired) electrons. The monoisotopic (exact) mass is 213 g/mol. The first-order chi connectivity index (χ1) is 7.11. The normalized spacial score (nSPS) is 21.8. The Morgan fingerprint density at radius 3 is 2.73 bits per heavy atom. The molecular weight excluding hydrogens is 194 g/mol. The molecule has 86 valence electrons. The highest BCUT2D eigenvalue weighted by Gasteiger charge is 2.27. The molecule has 15 heavy (non-hydrogen) atoms. The van der Waals surface area contributed by atoms with Gasteiger partial charge in [0.1, 0.15) is 5.78 Å². The van der Waals surface area contributed by atoms with E-state index in [1.165, 1.54) is 0 Å². The van der Waals surface area contributed by atoms with Crippen LogP contribution in [0.4, 0.5) is 0 Å². The van der Waals surface area contributed by atoms with Crippen molar-refractivity contribution in [2.24, 2.45) is 0 Å². The molecular formula is C11H19NO3. The molecule has 1 N–H and O–H groups in total. The number of hydrogen-bond acceptors (Lipinski definition) is 3.